The maximum absolute atomic E-state index is 5.59. The minimum Gasteiger partial charge on any atom is -0.368 e. The third-order valence-electron chi connectivity index (χ3n) is 2.05. The van der Waals surface area contributed by atoms with Crippen molar-refractivity contribution in [2.24, 2.45) is 4.99 Å². The summed E-state index contributed by atoms with van der Waals surface area (Å²) < 4.78 is 0. The second kappa shape index (κ2) is 2.80. The molecule has 0 unspecified atom stereocenters. The number of nitrogens with two attached hydrogens (primary N) is 1. The van der Waals surface area contributed by atoms with Crippen molar-refractivity contribution in [2.75, 3.05) is 5.73 Å². The van der Waals surface area contributed by atoms with E-state index < -0.39 is 0 Å². The molecule has 0 radical (unpaired) electrons. The number of anilines is 1. The van der Waals surface area contributed by atoms with Gasteiger partial charge in [0.1, 0.15) is 5.69 Å². The van der Waals surface area contributed by atoms with Crippen molar-refractivity contribution in [1.82, 2.24) is 9.97 Å². The molecule has 2 N–H and O–H groups in total. The molecule has 1 aliphatic heterocycles. The van der Waals surface area contributed by atoms with Crippen molar-refractivity contribution in [3.63, 3.8) is 0 Å². The average Bonchev–Trinajstić information content (AvgIpc) is 2.49. The first kappa shape index (κ1) is 8.16. The molecule has 0 aromatic carbocycles. The molecule has 68 valence electrons. The van der Waals surface area contributed by atoms with E-state index in [1.165, 1.54) is 0 Å². The largest absolute Gasteiger partial charge is 0.368 e. The van der Waals surface area contributed by atoms with Gasteiger partial charge in [0.2, 0.25) is 5.95 Å². The van der Waals surface area contributed by atoms with Gasteiger partial charge in [0.15, 0.2) is 0 Å². The van der Waals surface area contributed by atoms with Crippen molar-refractivity contribution in [3.05, 3.63) is 11.4 Å². The molecule has 1 aliphatic rings. The Morgan fingerprint density at radius 1 is 1.38 bits per heavy atom. The summed E-state index contributed by atoms with van der Waals surface area (Å²) in [7, 11) is 0. The topological polar surface area (TPSA) is 64.2 Å². The predicted molar refractivity (Wildman–Crippen MR) is 52.4 cm³/mol. The fraction of sp³-hybridized carbons (Fsp3) is 0.444. The Bertz CT molecular complexity index is 368. The van der Waals surface area contributed by atoms with E-state index in [0.717, 1.165) is 23.5 Å². The number of aliphatic imine (C=N–C) groups is 1. The maximum atomic E-state index is 5.59. The van der Waals surface area contributed by atoms with E-state index in [1.54, 1.807) is 0 Å². The van der Waals surface area contributed by atoms with Gasteiger partial charge in [-0.2, -0.15) is 0 Å². The Balaban J connectivity index is 2.60. The first-order chi connectivity index (χ1) is 6.18. The van der Waals surface area contributed by atoms with Gasteiger partial charge in [-0.25, -0.2) is 9.97 Å². The van der Waals surface area contributed by atoms with E-state index in [4.69, 9.17) is 5.73 Å². The van der Waals surface area contributed by atoms with E-state index >= 15 is 0 Å². The van der Waals surface area contributed by atoms with Crippen LogP contribution in [-0.4, -0.2) is 16.2 Å². The van der Waals surface area contributed by atoms with Crippen LogP contribution in [0.2, 0.25) is 0 Å². The summed E-state index contributed by atoms with van der Waals surface area (Å²) in [6.07, 6.45) is 2.63. The molecule has 0 fully saturated rings. The molecule has 0 spiro atoms. The second-order valence-electron chi connectivity index (χ2n) is 3.43. The first-order valence-electron chi connectivity index (χ1n) is 4.37. The van der Waals surface area contributed by atoms with Gasteiger partial charge in [-0.1, -0.05) is 13.8 Å². The highest BCUT2D eigenvalue weighted by molar-refractivity contribution is 5.76. The molecule has 0 saturated heterocycles. The minimum atomic E-state index is 0.342. The molecular weight excluding hydrogens is 164 g/mol. The van der Waals surface area contributed by atoms with Crippen molar-refractivity contribution in [3.8, 4) is 0 Å². The lowest BCUT2D eigenvalue weighted by Gasteiger charge is -2.08. The van der Waals surface area contributed by atoms with Gasteiger partial charge in [0.05, 0.1) is 11.4 Å². The lowest BCUT2D eigenvalue weighted by Crippen LogP contribution is -2.03. The molecule has 2 heterocycles. The second-order valence-corrected chi connectivity index (χ2v) is 3.43. The zero-order valence-corrected chi connectivity index (χ0v) is 7.78. The van der Waals surface area contributed by atoms with Crippen molar-refractivity contribution in [2.45, 2.75) is 26.2 Å². The Morgan fingerprint density at radius 3 is 2.85 bits per heavy atom. The number of aromatic nitrogens is 2. The fourth-order valence-corrected chi connectivity index (χ4v) is 1.45. The number of fused-ring (bicyclic) bond motifs is 1. The molecule has 4 nitrogen and oxygen atoms in total. The van der Waals surface area contributed by atoms with Crippen LogP contribution in [-0.2, 0) is 6.42 Å². The van der Waals surface area contributed by atoms with Gasteiger partial charge in [-0.05, 0) is 5.92 Å². The van der Waals surface area contributed by atoms with Crippen LogP contribution >= 0.6 is 0 Å². The van der Waals surface area contributed by atoms with Gasteiger partial charge >= 0.3 is 0 Å². The van der Waals surface area contributed by atoms with Gasteiger partial charge in [-0.15, -0.1) is 0 Å². The van der Waals surface area contributed by atoms with E-state index in [-0.39, 0.29) is 0 Å². The SMILES string of the molecule is CC(C)c1nc(N)nc2c1N=CC2. The molecule has 0 aliphatic carbocycles. The fourth-order valence-electron chi connectivity index (χ4n) is 1.45. The quantitative estimate of drug-likeness (QED) is 0.704. The van der Waals surface area contributed by atoms with Gasteiger partial charge < -0.3 is 5.73 Å². The lowest BCUT2D eigenvalue weighted by molar-refractivity contribution is 0.815. The van der Waals surface area contributed by atoms with Crippen LogP contribution < -0.4 is 5.73 Å². The standard InChI is InChI=1S/C9H12N4/c1-5(2)7-8-6(3-4-11-8)12-9(10)13-7/h4-5H,3H2,1-2H3,(H2,10,12,13). The van der Waals surface area contributed by atoms with E-state index in [2.05, 4.69) is 28.8 Å². The number of rotatable bonds is 1. The van der Waals surface area contributed by atoms with Crippen LogP contribution in [0.4, 0.5) is 11.6 Å². The van der Waals surface area contributed by atoms with Crippen LogP contribution in [0.25, 0.3) is 0 Å². The number of hydrogen-bond donors (Lipinski definition) is 1. The molecule has 0 bridgehead atoms. The van der Waals surface area contributed by atoms with Crippen LogP contribution in [0.3, 0.4) is 0 Å². The van der Waals surface area contributed by atoms with Crippen molar-refractivity contribution >= 4 is 17.9 Å². The Hall–Kier alpha value is -1.45. The number of nitrogens with zero attached hydrogens (tertiary/aromatic N) is 3. The van der Waals surface area contributed by atoms with Gasteiger partial charge in [0, 0.05) is 12.6 Å². The van der Waals surface area contributed by atoms with Gasteiger partial charge in [-0.3, -0.25) is 4.99 Å². The highest BCUT2D eigenvalue weighted by Crippen LogP contribution is 2.31. The molecule has 1 aromatic heterocycles. The normalized spacial score (nSPS) is 13.8. The Morgan fingerprint density at radius 2 is 2.15 bits per heavy atom. The summed E-state index contributed by atoms with van der Waals surface area (Å²) in [5, 5.41) is 0. The van der Waals surface area contributed by atoms with Crippen molar-refractivity contribution in [1.29, 1.82) is 0 Å². The number of nitrogen functional groups attached to an aromatic ring is 1. The highest BCUT2D eigenvalue weighted by Gasteiger charge is 2.17. The molecule has 4 heteroatoms. The summed E-state index contributed by atoms with van der Waals surface area (Å²) in [4.78, 5) is 12.6. The summed E-state index contributed by atoms with van der Waals surface area (Å²) in [6, 6.07) is 0. The van der Waals surface area contributed by atoms with E-state index in [9.17, 15) is 0 Å². The average molecular weight is 176 g/mol. The third-order valence-corrected chi connectivity index (χ3v) is 2.05. The number of hydrogen-bond acceptors (Lipinski definition) is 4. The summed E-state index contributed by atoms with van der Waals surface area (Å²) in [5.41, 5.74) is 8.42. The molecule has 0 saturated carbocycles. The van der Waals surface area contributed by atoms with Crippen LogP contribution in [0.5, 0.6) is 0 Å². The Labute approximate surface area is 76.9 Å². The predicted octanol–water partition coefficient (Wildman–Crippen LogP) is 1.44. The summed E-state index contributed by atoms with van der Waals surface area (Å²) in [5.74, 6) is 0.697. The summed E-state index contributed by atoms with van der Waals surface area (Å²) in [6.45, 7) is 4.16. The Kier molecular flexibility index (Phi) is 1.76. The molecule has 13 heavy (non-hydrogen) atoms. The first-order valence-corrected chi connectivity index (χ1v) is 4.37. The van der Waals surface area contributed by atoms with Crippen LogP contribution in [0.1, 0.15) is 31.2 Å². The van der Waals surface area contributed by atoms with Gasteiger partial charge in [0.25, 0.3) is 0 Å². The molecular formula is C9H12N4. The molecule has 0 atom stereocenters. The van der Waals surface area contributed by atoms with E-state index in [0.29, 0.717) is 11.9 Å². The summed E-state index contributed by atoms with van der Waals surface area (Å²) >= 11 is 0. The smallest absolute Gasteiger partial charge is 0.220 e. The van der Waals surface area contributed by atoms with Crippen molar-refractivity contribution < 1.29 is 0 Å². The zero-order valence-electron chi connectivity index (χ0n) is 7.78. The molecule has 0 amide bonds. The maximum Gasteiger partial charge on any atom is 0.220 e. The minimum absolute atomic E-state index is 0.342. The molecule has 2 rings (SSSR count). The zero-order chi connectivity index (χ0) is 9.42. The molecule has 1 aromatic rings. The van der Waals surface area contributed by atoms with Crippen LogP contribution in [0.15, 0.2) is 4.99 Å². The monoisotopic (exact) mass is 176 g/mol. The van der Waals surface area contributed by atoms with Crippen LogP contribution in [0, 0.1) is 0 Å². The third kappa shape index (κ3) is 1.28. The highest BCUT2D eigenvalue weighted by atomic mass is 15.0. The van der Waals surface area contributed by atoms with E-state index in [1.807, 2.05) is 6.21 Å². The lowest BCUT2D eigenvalue weighted by atomic mass is 10.1.